The van der Waals surface area contributed by atoms with Crippen LogP contribution in [0.5, 0.6) is 5.88 Å². The summed E-state index contributed by atoms with van der Waals surface area (Å²) in [5, 5.41) is 8.05. The van der Waals surface area contributed by atoms with Crippen molar-refractivity contribution in [3.63, 3.8) is 0 Å². The average Bonchev–Trinajstić information content (AvgIpc) is 2.87. The van der Waals surface area contributed by atoms with Gasteiger partial charge in [-0.25, -0.2) is 4.79 Å². The molecule has 0 bridgehead atoms. The second-order valence-corrected chi connectivity index (χ2v) is 5.90. The van der Waals surface area contributed by atoms with Crippen molar-refractivity contribution in [2.45, 2.75) is 19.3 Å². The van der Waals surface area contributed by atoms with Gasteiger partial charge in [0.2, 0.25) is 5.88 Å². The standard InChI is InChI=1S/C16H11ClN2O4/c1-7-15-11(6-14(21)23-16(15)19-18-7)9-5-13(20)22-12-3-2-8(17)4-10(9)12/h2-5,11H,6H2,1H3,(H,18,19). The van der Waals surface area contributed by atoms with Crippen molar-refractivity contribution in [2.75, 3.05) is 0 Å². The number of benzene rings is 1. The maximum absolute atomic E-state index is 11.9. The number of ether oxygens (including phenoxy) is 1. The van der Waals surface area contributed by atoms with Crippen LogP contribution in [0.25, 0.3) is 11.0 Å². The number of carbonyl (C=O) groups excluding carboxylic acids is 1. The van der Waals surface area contributed by atoms with Crippen molar-refractivity contribution < 1.29 is 13.9 Å². The molecule has 6 nitrogen and oxygen atoms in total. The van der Waals surface area contributed by atoms with Gasteiger partial charge in [0.15, 0.2) is 0 Å². The molecule has 1 atom stereocenters. The number of aromatic amines is 1. The zero-order valence-corrected chi connectivity index (χ0v) is 12.8. The lowest BCUT2D eigenvalue weighted by molar-refractivity contribution is -0.135. The molecule has 4 rings (SSSR count). The van der Waals surface area contributed by atoms with E-state index < -0.39 is 11.6 Å². The van der Waals surface area contributed by atoms with Crippen LogP contribution in [0.1, 0.15) is 29.2 Å². The van der Waals surface area contributed by atoms with Gasteiger partial charge in [0.05, 0.1) is 6.42 Å². The fourth-order valence-electron chi connectivity index (χ4n) is 3.04. The molecule has 7 heteroatoms. The van der Waals surface area contributed by atoms with Crippen LogP contribution in [0.15, 0.2) is 33.5 Å². The van der Waals surface area contributed by atoms with Crippen LogP contribution >= 0.6 is 11.6 Å². The normalized spacial score (nSPS) is 17.1. The highest BCUT2D eigenvalue weighted by atomic mass is 35.5. The monoisotopic (exact) mass is 330 g/mol. The molecule has 1 unspecified atom stereocenters. The number of carbonyl (C=O) groups is 1. The number of rotatable bonds is 1. The van der Waals surface area contributed by atoms with E-state index in [0.29, 0.717) is 21.6 Å². The van der Waals surface area contributed by atoms with Crippen molar-refractivity contribution in [3.8, 4) is 5.88 Å². The van der Waals surface area contributed by atoms with Gasteiger partial charge >= 0.3 is 11.6 Å². The molecule has 0 aliphatic carbocycles. The minimum atomic E-state index is -0.475. The van der Waals surface area contributed by atoms with E-state index in [2.05, 4.69) is 10.2 Å². The average molecular weight is 331 g/mol. The Morgan fingerprint density at radius 3 is 2.96 bits per heavy atom. The molecule has 1 aromatic carbocycles. The maximum atomic E-state index is 11.9. The number of nitrogens with one attached hydrogen (secondary N) is 1. The van der Waals surface area contributed by atoms with Crippen molar-refractivity contribution >= 4 is 28.5 Å². The van der Waals surface area contributed by atoms with Gasteiger partial charge < -0.3 is 9.15 Å². The number of esters is 1. The number of fused-ring (bicyclic) bond motifs is 2. The number of aryl methyl sites for hydroxylation is 1. The van der Waals surface area contributed by atoms with Crippen LogP contribution < -0.4 is 10.4 Å². The molecule has 116 valence electrons. The maximum Gasteiger partial charge on any atom is 0.336 e. The predicted octanol–water partition coefficient (Wildman–Crippen LogP) is 2.92. The molecule has 0 fully saturated rings. The Morgan fingerprint density at radius 2 is 2.13 bits per heavy atom. The molecule has 3 heterocycles. The minimum absolute atomic E-state index is 0.123. The highest BCUT2D eigenvalue weighted by molar-refractivity contribution is 6.31. The predicted molar refractivity (Wildman–Crippen MR) is 82.9 cm³/mol. The number of halogens is 1. The molecular formula is C16H11ClN2O4. The molecule has 2 aromatic heterocycles. The van der Waals surface area contributed by atoms with E-state index in [1.54, 1.807) is 18.2 Å². The number of hydrogen-bond acceptors (Lipinski definition) is 5. The van der Waals surface area contributed by atoms with Crippen LogP contribution in [0.4, 0.5) is 0 Å². The van der Waals surface area contributed by atoms with Crippen molar-refractivity contribution in [3.05, 3.63) is 56.5 Å². The summed E-state index contributed by atoms with van der Waals surface area (Å²) in [6, 6.07) is 6.43. The van der Waals surface area contributed by atoms with E-state index in [1.807, 2.05) is 6.92 Å². The Labute approximate surface area is 135 Å². The van der Waals surface area contributed by atoms with Gasteiger partial charge in [0, 0.05) is 33.7 Å². The van der Waals surface area contributed by atoms with Crippen molar-refractivity contribution in [1.29, 1.82) is 0 Å². The SMILES string of the molecule is Cc1[nH]nc2c1C(c1cc(=O)oc3ccc(Cl)cc13)CC(=O)O2. The summed E-state index contributed by atoms with van der Waals surface area (Å²) >= 11 is 6.08. The summed E-state index contributed by atoms with van der Waals surface area (Å²) < 4.78 is 10.4. The highest BCUT2D eigenvalue weighted by Crippen LogP contribution is 2.41. The number of hydrogen-bond donors (Lipinski definition) is 1. The quantitative estimate of drug-likeness (QED) is 0.547. The van der Waals surface area contributed by atoms with Crippen LogP contribution in [0, 0.1) is 6.92 Å². The summed E-state index contributed by atoms with van der Waals surface area (Å²) in [6.45, 7) is 1.85. The first-order valence-electron chi connectivity index (χ1n) is 7.02. The Morgan fingerprint density at radius 1 is 1.30 bits per heavy atom. The first-order valence-corrected chi connectivity index (χ1v) is 7.39. The molecule has 1 N–H and O–H groups in total. The third-order valence-corrected chi connectivity index (χ3v) is 4.24. The summed E-state index contributed by atoms with van der Waals surface area (Å²) in [7, 11) is 0. The summed E-state index contributed by atoms with van der Waals surface area (Å²) in [5.74, 6) is -0.473. The van der Waals surface area contributed by atoms with Gasteiger partial charge in [0.1, 0.15) is 5.58 Å². The van der Waals surface area contributed by atoms with E-state index in [-0.39, 0.29) is 18.2 Å². The summed E-state index contributed by atoms with van der Waals surface area (Å²) in [4.78, 5) is 23.8. The Kier molecular flexibility index (Phi) is 3.02. The number of nitrogens with zero attached hydrogens (tertiary/aromatic N) is 1. The molecule has 0 amide bonds. The van der Waals surface area contributed by atoms with Crippen LogP contribution in [0.2, 0.25) is 5.02 Å². The van der Waals surface area contributed by atoms with Crippen LogP contribution in [-0.2, 0) is 4.79 Å². The smallest absolute Gasteiger partial charge is 0.336 e. The van der Waals surface area contributed by atoms with E-state index in [1.165, 1.54) is 6.07 Å². The van der Waals surface area contributed by atoms with Gasteiger partial charge in [0.25, 0.3) is 0 Å². The topological polar surface area (TPSA) is 85.2 Å². The third kappa shape index (κ3) is 2.22. The van der Waals surface area contributed by atoms with Gasteiger partial charge in [-0.1, -0.05) is 11.6 Å². The van der Waals surface area contributed by atoms with E-state index in [9.17, 15) is 9.59 Å². The number of aromatic nitrogens is 2. The summed E-state index contributed by atoms with van der Waals surface area (Å²) in [6.07, 6.45) is 0.123. The molecule has 3 aromatic rings. The lowest BCUT2D eigenvalue weighted by atomic mass is 9.86. The fourth-order valence-corrected chi connectivity index (χ4v) is 3.21. The molecule has 23 heavy (non-hydrogen) atoms. The number of H-pyrrole nitrogens is 1. The summed E-state index contributed by atoms with van der Waals surface area (Å²) in [5.41, 5.74) is 2.20. The van der Waals surface area contributed by atoms with E-state index in [0.717, 1.165) is 11.3 Å². The Balaban J connectivity index is 2.03. The van der Waals surface area contributed by atoms with Crippen molar-refractivity contribution in [1.82, 2.24) is 10.2 Å². The largest absolute Gasteiger partial charge is 0.423 e. The lowest BCUT2D eigenvalue weighted by Gasteiger charge is -2.22. The molecule has 1 aliphatic rings. The lowest BCUT2D eigenvalue weighted by Crippen LogP contribution is -2.22. The first-order chi connectivity index (χ1) is 11.0. The fraction of sp³-hybridized carbons (Fsp3) is 0.188. The van der Waals surface area contributed by atoms with Gasteiger partial charge in [-0.3, -0.25) is 9.89 Å². The second kappa shape index (κ2) is 4.96. The third-order valence-electron chi connectivity index (χ3n) is 4.00. The Bertz CT molecular complexity index is 1000. The van der Waals surface area contributed by atoms with E-state index >= 15 is 0 Å². The minimum Gasteiger partial charge on any atom is -0.423 e. The second-order valence-electron chi connectivity index (χ2n) is 5.46. The zero-order valence-electron chi connectivity index (χ0n) is 12.1. The van der Waals surface area contributed by atoms with Crippen molar-refractivity contribution in [2.24, 2.45) is 0 Å². The Hall–Kier alpha value is -2.60. The van der Waals surface area contributed by atoms with Gasteiger partial charge in [-0.2, -0.15) is 0 Å². The highest BCUT2D eigenvalue weighted by Gasteiger charge is 2.33. The molecule has 0 saturated heterocycles. The molecular weight excluding hydrogens is 320 g/mol. The molecule has 1 aliphatic heterocycles. The first kappa shape index (κ1) is 14.0. The van der Waals surface area contributed by atoms with Gasteiger partial charge in [-0.05, 0) is 30.7 Å². The molecule has 0 saturated carbocycles. The zero-order chi connectivity index (χ0) is 16.1. The van der Waals surface area contributed by atoms with Gasteiger partial charge in [-0.15, -0.1) is 5.10 Å². The van der Waals surface area contributed by atoms with E-state index in [4.69, 9.17) is 20.8 Å². The molecule has 0 spiro atoms. The van der Waals surface area contributed by atoms with Crippen LogP contribution in [-0.4, -0.2) is 16.2 Å². The molecule has 0 radical (unpaired) electrons. The van der Waals surface area contributed by atoms with Crippen LogP contribution in [0.3, 0.4) is 0 Å².